The molecule has 0 saturated heterocycles. The Hall–Kier alpha value is -4.74. The van der Waals surface area contributed by atoms with E-state index in [0.29, 0.717) is 5.56 Å². The average Bonchev–Trinajstić information content (AvgIpc) is 2.96. The fraction of sp³-hybridized carbons (Fsp3) is 0.0588. The van der Waals surface area contributed by atoms with Crippen LogP contribution < -0.4 is 0 Å². The Morgan fingerprint density at radius 1 is 0.611 bits per heavy atom. The molecule has 0 aliphatic rings. The van der Waals surface area contributed by atoms with E-state index >= 15 is 0 Å². The van der Waals surface area contributed by atoms with Crippen LogP contribution >= 0.6 is 0 Å². The maximum atomic E-state index is 9.98. The Morgan fingerprint density at radius 2 is 1.17 bits per heavy atom. The smallest absolute Gasteiger partial charge is 0.100 e. The molecule has 1 atom stereocenters. The molecule has 0 aliphatic carbocycles. The Balaban J connectivity index is 1.55. The van der Waals surface area contributed by atoms with E-state index in [1.807, 2.05) is 25.1 Å². The normalized spacial score (nSPS) is 12.0. The van der Waals surface area contributed by atoms with Crippen molar-refractivity contribution in [1.29, 1.82) is 5.26 Å². The first-order valence-corrected chi connectivity index (χ1v) is 12.1. The summed E-state index contributed by atoms with van der Waals surface area (Å²) in [4.78, 5) is 4.14. The first-order valence-electron chi connectivity index (χ1n) is 12.1. The molecule has 170 valence electrons. The van der Waals surface area contributed by atoms with Crippen LogP contribution in [0.3, 0.4) is 0 Å². The number of fused-ring (bicyclic) bond motifs is 6. The fourth-order valence-electron chi connectivity index (χ4n) is 5.34. The van der Waals surface area contributed by atoms with Crippen molar-refractivity contribution < 1.29 is 0 Å². The van der Waals surface area contributed by atoms with Crippen molar-refractivity contribution in [3.63, 3.8) is 0 Å². The Bertz CT molecular complexity index is 1800. The van der Waals surface area contributed by atoms with Crippen LogP contribution in [0.2, 0.25) is 0 Å². The van der Waals surface area contributed by atoms with Crippen molar-refractivity contribution in [3.05, 3.63) is 120 Å². The largest absolute Gasteiger partial charge is 0.293 e. The lowest BCUT2D eigenvalue weighted by molar-refractivity contribution is 0.825. The van der Waals surface area contributed by atoms with Crippen molar-refractivity contribution in [2.75, 3.05) is 0 Å². The van der Waals surface area contributed by atoms with Gasteiger partial charge in [-0.25, -0.2) is 0 Å². The van der Waals surface area contributed by atoms with Gasteiger partial charge in [0.25, 0.3) is 0 Å². The van der Waals surface area contributed by atoms with Crippen molar-refractivity contribution in [1.82, 2.24) is 0 Å². The van der Waals surface area contributed by atoms with Gasteiger partial charge in [-0.3, -0.25) is 4.99 Å². The van der Waals surface area contributed by atoms with Gasteiger partial charge >= 0.3 is 0 Å². The molecule has 0 radical (unpaired) electrons. The van der Waals surface area contributed by atoms with Crippen molar-refractivity contribution in [2.24, 2.45) is 4.99 Å². The van der Waals surface area contributed by atoms with Crippen LogP contribution in [0, 0.1) is 11.3 Å². The maximum Gasteiger partial charge on any atom is 0.100 e. The highest BCUT2D eigenvalue weighted by Crippen LogP contribution is 2.38. The highest BCUT2D eigenvalue weighted by molar-refractivity contribution is 6.25. The first kappa shape index (κ1) is 21.8. The zero-order chi connectivity index (χ0) is 24.6. The third-order valence-corrected chi connectivity index (χ3v) is 7.18. The molecular weight excluding hydrogens is 436 g/mol. The summed E-state index contributed by atoms with van der Waals surface area (Å²) in [5.41, 5.74) is 5.77. The Kier molecular flexibility index (Phi) is 5.32. The van der Waals surface area contributed by atoms with E-state index in [0.717, 1.165) is 27.8 Å². The number of benzene rings is 6. The van der Waals surface area contributed by atoms with Gasteiger partial charge in [-0.1, -0.05) is 97.1 Å². The Labute approximate surface area is 210 Å². The lowest BCUT2D eigenvalue weighted by Crippen LogP contribution is -1.96. The van der Waals surface area contributed by atoms with Gasteiger partial charge in [-0.05, 0) is 85.9 Å². The molecule has 0 fully saturated rings. The molecule has 0 saturated carbocycles. The third kappa shape index (κ3) is 3.45. The molecular formula is C34H24N2. The monoisotopic (exact) mass is 460 g/mol. The lowest BCUT2D eigenvalue weighted by Gasteiger charge is -2.14. The van der Waals surface area contributed by atoms with E-state index in [1.165, 1.54) is 32.3 Å². The number of hydrogen-bond donors (Lipinski definition) is 0. The fourth-order valence-corrected chi connectivity index (χ4v) is 5.34. The molecule has 0 amide bonds. The first-order chi connectivity index (χ1) is 17.7. The second-order valence-corrected chi connectivity index (χ2v) is 9.17. The summed E-state index contributed by atoms with van der Waals surface area (Å²) in [5.74, 6) is 0. The van der Waals surface area contributed by atoms with Crippen LogP contribution in [0.15, 0.2) is 114 Å². The molecule has 6 rings (SSSR count). The van der Waals surface area contributed by atoms with E-state index < -0.39 is 0 Å². The van der Waals surface area contributed by atoms with Crippen LogP contribution in [0.25, 0.3) is 54.6 Å². The van der Waals surface area contributed by atoms with E-state index in [-0.39, 0.29) is 6.04 Å². The summed E-state index contributed by atoms with van der Waals surface area (Å²) in [5, 5.41) is 17.6. The summed E-state index contributed by atoms with van der Waals surface area (Å²) < 4.78 is 0. The predicted octanol–water partition coefficient (Wildman–Crippen LogP) is 9.11. The summed E-state index contributed by atoms with van der Waals surface area (Å²) in [6.07, 6.45) is 0. The number of nitriles is 1. The zero-order valence-electron chi connectivity index (χ0n) is 20.1. The lowest BCUT2D eigenvalue weighted by atomic mass is 9.90. The van der Waals surface area contributed by atoms with Crippen LogP contribution in [-0.2, 0) is 0 Å². The van der Waals surface area contributed by atoms with Crippen LogP contribution in [0.4, 0.5) is 0 Å². The van der Waals surface area contributed by atoms with Gasteiger partial charge in [0.05, 0.1) is 11.6 Å². The van der Waals surface area contributed by atoms with Gasteiger partial charge in [0.15, 0.2) is 0 Å². The average molecular weight is 461 g/mol. The molecule has 0 aromatic heterocycles. The molecule has 2 heteroatoms. The zero-order valence-corrected chi connectivity index (χ0v) is 20.1. The summed E-state index contributed by atoms with van der Waals surface area (Å²) in [6.45, 7) is 5.64. The van der Waals surface area contributed by atoms with Gasteiger partial charge in [-0.15, -0.1) is 0 Å². The van der Waals surface area contributed by atoms with Crippen molar-refractivity contribution >= 4 is 39.0 Å². The summed E-state index contributed by atoms with van der Waals surface area (Å²) >= 11 is 0. The van der Waals surface area contributed by atoms with Gasteiger partial charge in [0.1, 0.15) is 6.07 Å². The molecule has 0 N–H and O–H groups in total. The Morgan fingerprint density at radius 3 is 1.81 bits per heavy atom. The van der Waals surface area contributed by atoms with Gasteiger partial charge in [0.2, 0.25) is 0 Å². The molecule has 6 aromatic rings. The number of aliphatic imine (C=N–C) groups is 1. The van der Waals surface area contributed by atoms with Gasteiger partial charge < -0.3 is 0 Å². The van der Waals surface area contributed by atoms with Crippen LogP contribution in [-0.4, -0.2) is 6.72 Å². The van der Waals surface area contributed by atoms with Gasteiger partial charge in [0, 0.05) is 0 Å². The number of rotatable bonds is 4. The second kappa shape index (κ2) is 8.80. The second-order valence-electron chi connectivity index (χ2n) is 9.17. The van der Waals surface area contributed by atoms with Crippen molar-refractivity contribution in [2.45, 2.75) is 13.0 Å². The quantitative estimate of drug-likeness (QED) is 0.191. The number of nitrogens with zero attached hydrogens (tertiary/aromatic N) is 2. The third-order valence-electron chi connectivity index (χ3n) is 7.18. The molecule has 6 aromatic carbocycles. The highest BCUT2D eigenvalue weighted by Gasteiger charge is 2.15. The van der Waals surface area contributed by atoms with E-state index in [4.69, 9.17) is 0 Å². The molecule has 1 unspecified atom stereocenters. The molecule has 0 spiro atoms. The summed E-state index contributed by atoms with van der Waals surface area (Å²) in [7, 11) is 0. The summed E-state index contributed by atoms with van der Waals surface area (Å²) in [6, 6.07) is 40.7. The standard InChI is InChI=1S/C34H24N2/c1-22(36-2)26-15-8-16-27(34(26)21-35)25-10-7-9-23(19-25)24-17-18-32-30-13-4-3-11-28(30)29-12-5-6-14-31(29)33(32)20-24/h3-20,22H,2H2,1H3. The van der Waals surface area contributed by atoms with Crippen LogP contribution in [0.5, 0.6) is 0 Å². The molecule has 0 heterocycles. The minimum Gasteiger partial charge on any atom is -0.293 e. The molecule has 0 bridgehead atoms. The van der Waals surface area contributed by atoms with Crippen molar-refractivity contribution in [3.8, 4) is 28.3 Å². The topological polar surface area (TPSA) is 36.1 Å². The minimum absolute atomic E-state index is 0.133. The van der Waals surface area contributed by atoms with Crippen LogP contribution in [0.1, 0.15) is 24.1 Å². The van der Waals surface area contributed by atoms with E-state index in [9.17, 15) is 5.26 Å². The molecule has 2 nitrogen and oxygen atoms in total. The highest BCUT2D eigenvalue weighted by atomic mass is 14.7. The van der Waals surface area contributed by atoms with Gasteiger partial charge in [-0.2, -0.15) is 5.26 Å². The number of hydrogen-bond acceptors (Lipinski definition) is 2. The van der Waals surface area contributed by atoms with E-state index in [1.54, 1.807) is 0 Å². The maximum absolute atomic E-state index is 9.98. The van der Waals surface area contributed by atoms with E-state index in [2.05, 4.69) is 109 Å². The predicted molar refractivity (Wildman–Crippen MR) is 153 cm³/mol. The SMILES string of the molecule is C=NC(C)c1cccc(-c2cccc(-c3ccc4c5ccccc5c5ccccc5c4c3)c2)c1C#N. The molecule has 36 heavy (non-hydrogen) atoms. The minimum atomic E-state index is -0.133. The molecule has 0 aliphatic heterocycles.